The van der Waals surface area contributed by atoms with E-state index in [2.05, 4.69) is 21.0 Å². The number of rotatable bonds is 3. The molecule has 0 saturated carbocycles. The van der Waals surface area contributed by atoms with E-state index in [1.54, 1.807) is 17.0 Å². The van der Waals surface area contributed by atoms with Crippen LogP contribution in [-0.2, 0) is 19.6 Å². The third kappa shape index (κ3) is 3.78. The van der Waals surface area contributed by atoms with Crippen LogP contribution >= 0.6 is 27.3 Å². The maximum atomic E-state index is 12.6. The Morgan fingerprint density at radius 3 is 2.44 bits per heavy atom. The third-order valence-electron chi connectivity index (χ3n) is 4.12. The molecule has 2 aliphatic heterocycles. The summed E-state index contributed by atoms with van der Waals surface area (Å²) < 4.78 is 27.6. The molecule has 2 aliphatic rings. The minimum atomic E-state index is -3.53. The molecule has 3 rings (SSSR count). The van der Waals surface area contributed by atoms with Gasteiger partial charge in [-0.15, -0.1) is 11.3 Å². The molecule has 2 amide bonds. The standard InChI is InChI=1S/C14H17BrN4O4S2/c1-17-12(20)4-2-10(16-17)14(21)18-6-8-19(9-7-18)25(22,23)13-5-3-11(15)24-13/h3,5H,2,4,6-9H2,1H3. The first-order valence-corrected chi connectivity index (χ1v) is 10.7. The quantitative estimate of drug-likeness (QED) is 0.688. The molecule has 8 nitrogen and oxygen atoms in total. The van der Waals surface area contributed by atoms with Gasteiger partial charge in [0.15, 0.2) is 0 Å². The van der Waals surface area contributed by atoms with Crippen molar-refractivity contribution in [1.29, 1.82) is 0 Å². The number of carbonyl (C=O) groups is 2. The zero-order valence-corrected chi connectivity index (χ0v) is 16.7. The highest BCUT2D eigenvalue weighted by Gasteiger charge is 2.33. The topological polar surface area (TPSA) is 90.4 Å². The molecule has 1 saturated heterocycles. The molecule has 1 fully saturated rings. The summed E-state index contributed by atoms with van der Waals surface area (Å²) in [6.07, 6.45) is 0.590. The number of sulfonamides is 1. The Bertz CT molecular complexity index is 828. The van der Waals surface area contributed by atoms with E-state index in [0.717, 1.165) is 3.79 Å². The van der Waals surface area contributed by atoms with Crippen molar-refractivity contribution >= 4 is 54.8 Å². The van der Waals surface area contributed by atoms with E-state index in [4.69, 9.17) is 0 Å². The van der Waals surface area contributed by atoms with Crippen molar-refractivity contribution in [3.8, 4) is 0 Å². The average molecular weight is 449 g/mol. The lowest BCUT2D eigenvalue weighted by Crippen LogP contribution is -2.52. The Balaban J connectivity index is 1.65. The van der Waals surface area contributed by atoms with E-state index < -0.39 is 10.0 Å². The molecule has 0 spiro atoms. The number of thiophene rings is 1. The Morgan fingerprint density at radius 2 is 1.88 bits per heavy atom. The van der Waals surface area contributed by atoms with E-state index in [-0.39, 0.29) is 35.5 Å². The minimum absolute atomic E-state index is 0.116. The number of hydrazone groups is 1. The van der Waals surface area contributed by atoms with Crippen LogP contribution < -0.4 is 0 Å². The highest BCUT2D eigenvalue weighted by molar-refractivity contribution is 9.11. The second kappa shape index (κ2) is 7.14. The van der Waals surface area contributed by atoms with Crippen LogP contribution in [0.1, 0.15) is 12.8 Å². The van der Waals surface area contributed by atoms with E-state index in [1.165, 1.54) is 27.7 Å². The van der Waals surface area contributed by atoms with Gasteiger partial charge < -0.3 is 4.90 Å². The number of nitrogens with zero attached hydrogens (tertiary/aromatic N) is 4. The van der Waals surface area contributed by atoms with Crippen LogP contribution in [-0.4, -0.2) is 73.4 Å². The molecule has 1 aromatic heterocycles. The first kappa shape index (κ1) is 18.5. The molecule has 0 radical (unpaired) electrons. The predicted molar refractivity (Wildman–Crippen MR) is 96.8 cm³/mol. The number of piperazine rings is 1. The number of hydrogen-bond acceptors (Lipinski definition) is 6. The van der Waals surface area contributed by atoms with Crippen molar-refractivity contribution in [3.63, 3.8) is 0 Å². The van der Waals surface area contributed by atoms with Crippen molar-refractivity contribution in [2.24, 2.45) is 5.10 Å². The first-order chi connectivity index (χ1) is 11.8. The van der Waals surface area contributed by atoms with Crippen molar-refractivity contribution in [2.45, 2.75) is 17.1 Å². The summed E-state index contributed by atoms with van der Waals surface area (Å²) in [6.45, 7) is 1.10. The van der Waals surface area contributed by atoms with E-state index in [1.807, 2.05) is 0 Å². The number of amides is 2. The van der Waals surface area contributed by atoms with Crippen LogP contribution in [0.3, 0.4) is 0 Å². The lowest BCUT2D eigenvalue weighted by Gasteiger charge is -2.34. The van der Waals surface area contributed by atoms with Gasteiger partial charge in [0.2, 0.25) is 5.91 Å². The second-order valence-electron chi connectivity index (χ2n) is 5.72. The monoisotopic (exact) mass is 448 g/mol. The summed E-state index contributed by atoms with van der Waals surface area (Å²) in [5.41, 5.74) is 0.348. The van der Waals surface area contributed by atoms with E-state index in [0.29, 0.717) is 25.2 Å². The van der Waals surface area contributed by atoms with Gasteiger partial charge in [0.05, 0.1) is 3.79 Å². The van der Waals surface area contributed by atoms with E-state index >= 15 is 0 Å². The Morgan fingerprint density at radius 1 is 1.20 bits per heavy atom. The van der Waals surface area contributed by atoms with Crippen molar-refractivity contribution in [1.82, 2.24) is 14.2 Å². The molecule has 25 heavy (non-hydrogen) atoms. The lowest BCUT2D eigenvalue weighted by molar-refractivity contribution is -0.130. The highest BCUT2D eigenvalue weighted by atomic mass is 79.9. The van der Waals surface area contributed by atoms with Gasteiger partial charge in [-0.3, -0.25) is 9.59 Å². The molecular formula is C14H17BrN4O4S2. The fraction of sp³-hybridized carbons (Fsp3) is 0.500. The van der Waals surface area contributed by atoms with Crippen molar-refractivity contribution in [3.05, 3.63) is 15.9 Å². The van der Waals surface area contributed by atoms with Crippen LogP contribution in [0.15, 0.2) is 25.2 Å². The van der Waals surface area contributed by atoms with Crippen molar-refractivity contribution in [2.75, 3.05) is 33.2 Å². The Kier molecular flexibility index (Phi) is 5.28. The molecule has 0 aliphatic carbocycles. The molecule has 0 bridgehead atoms. The summed E-state index contributed by atoms with van der Waals surface area (Å²) in [5, 5.41) is 5.22. The molecule has 0 N–H and O–H groups in total. The van der Waals surface area contributed by atoms with Gasteiger partial charge in [-0.2, -0.15) is 9.41 Å². The fourth-order valence-electron chi connectivity index (χ4n) is 2.70. The summed E-state index contributed by atoms with van der Waals surface area (Å²) in [6, 6.07) is 3.28. The first-order valence-electron chi connectivity index (χ1n) is 7.68. The molecule has 0 aromatic carbocycles. The van der Waals surface area contributed by atoms with Gasteiger partial charge in [-0.05, 0) is 28.1 Å². The third-order valence-corrected chi connectivity index (χ3v) is 8.11. The minimum Gasteiger partial charge on any atom is -0.335 e. The van der Waals surface area contributed by atoms with Gasteiger partial charge in [0, 0.05) is 46.1 Å². The predicted octanol–water partition coefficient (Wildman–Crippen LogP) is 0.952. The van der Waals surface area contributed by atoms with Gasteiger partial charge in [0.1, 0.15) is 9.92 Å². The van der Waals surface area contributed by atoms with Crippen LogP contribution in [0.25, 0.3) is 0 Å². The zero-order chi connectivity index (χ0) is 18.2. The SMILES string of the molecule is CN1N=C(C(=O)N2CCN(S(=O)(=O)c3ccc(Br)s3)CC2)CCC1=O. The van der Waals surface area contributed by atoms with Gasteiger partial charge in [0.25, 0.3) is 15.9 Å². The normalized spacial score (nSPS) is 19.9. The smallest absolute Gasteiger partial charge is 0.270 e. The fourth-order valence-corrected chi connectivity index (χ4v) is 6.29. The molecular weight excluding hydrogens is 432 g/mol. The van der Waals surface area contributed by atoms with Gasteiger partial charge >= 0.3 is 0 Å². The molecule has 0 atom stereocenters. The molecule has 0 unspecified atom stereocenters. The molecule has 1 aromatic rings. The Labute approximate surface area is 158 Å². The summed E-state index contributed by atoms with van der Waals surface area (Å²) >= 11 is 4.44. The second-order valence-corrected chi connectivity index (χ2v) is 10.3. The summed E-state index contributed by atoms with van der Waals surface area (Å²) in [5.74, 6) is -0.343. The van der Waals surface area contributed by atoms with Gasteiger partial charge in [-0.1, -0.05) is 0 Å². The van der Waals surface area contributed by atoms with Crippen LogP contribution in [0.2, 0.25) is 0 Å². The summed E-state index contributed by atoms with van der Waals surface area (Å²) in [4.78, 5) is 25.6. The Hall–Kier alpha value is -1.30. The number of hydrogen-bond donors (Lipinski definition) is 0. The lowest BCUT2D eigenvalue weighted by atomic mass is 10.1. The number of halogens is 1. The highest BCUT2D eigenvalue weighted by Crippen LogP contribution is 2.29. The van der Waals surface area contributed by atoms with Crippen molar-refractivity contribution < 1.29 is 18.0 Å². The van der Waals surface area contributed by atoms with Gasteiger partial charge in [-0.25, -0.2) is 13.4 Å². The molecule has 3 heterocycles. The molecule has 136 valence electrons. The maximum Gasteiger partial charge on any atom is 0.270 e. The average Bonchev–Trinajstić information content (AvgIpc) is 3.04. The van der Waals surface area contributed by atoms with E-state index in [9.17, 15) is 18.0 Å². The summed E-state index contributed by atoms with van der Waals surface area (Å²) in [7, 11) is -2.00. The van der Waals surface area contributed by atoms with Crippen LogP contribution in [0, 0.1) is 0 Å². The molecule has 11 heteroatoms. The zero-order valence-electron chi connectivity index (χ0n) is 13.5. The van der Waals surface area contributed by atoms with Crippen LogP contribution in [0.4, 0.5) is 0 Å². The maximum absolute atomic E-state index is 12.6. The van der Waals surface area contributed by atoms with Crippen LogP contribution in [0.5, 0.6) is 0 Å². The largest absolute Gasteiger partial charge is 0.335 e. The number of carbonyl (C=O) groups excluding carboxylic acids is 2.